The largest absolute Gasteiger partial charge is 0.492 e. The van der Waals surface area contributed by atoms with Gasteiger partial charge >= 0.3 is 0 Å². The van der Waals surface area contributed by atoms with Crippen LogP contribution in [0.4, 0.5) is 0 Å². The standard InChI is InChI=1S/C16H21ClN2O2/c1-2-21-14-5-3-4-13-16(14)18-15(10-17)19(13)8-6-12-7-9-20-11-12/h3-5,12H,2,6-11H2,1H3. The zero-order valence-corrected chi connectivity index (χ0v) is 13.1. The van der Waals surface area contributed by atoms with Crippen LogP contribution < -0.4 is 4.74 Å². The number of aromatic nitrogens is 2. The molecule has 0 radical (unpaired) electrons. The highest BCUT2D eigenvalue weighted by Gasteiger charge is 2.18. The zero-order chi connectivity index (χ0) is 14.7. The fourth-order valence-electron chi connectivity index (χ4n) is 2.92. The van der Waals surface area contributed by atoms with Crippen molar-refractivity contribution in [3.63, 3.8) is 0 Å². The van der Waals surface area contributed by atoms with Crippen LogP contribution in [0.2, 0.25) is 0 Å². The van der Waals surface area contributed by atoms with Gasteiger partial charge in [0.15, 0.2) is 0 Å². The van der Waals surface area contributed by atoms with Crippen LogP contribution in [0.5, 0.6) is 5.75 Å². The van der Waals surface area contributed by atoms with Crippen molar-refractivity contribution in [2.45, 2.75) is 32.2 Å². The molecule has 1 aromatic heterocycles. The maximum absolute atomic E-state index is 6.08. The molecule has 1 aliphatic rings. The van der Waals surface area contributed by atoms with Crippen molar-refractivity contribution in [3.8, 4) is 5.75 Å². The van der Waals surface area contributed by atoms with Crippen molar-refractivity contribution in [2.24, 2.45) is 5.92 Å². The summed E-state index contributed by atoms with van der Waals surface area (Å²) in [5, 5.41) is 0. The Balaban J connectivity index is 1.90. The zero-order valence-electron chi connectivity index (χ0n) is 12.3. The molecule has 5 heteroatoms. The van der Waals surface area contributed by atoms with Gasteiger partial charge in [-0.05, 0) is 37.8 Å². The van der Waals surface area contributed by atoms with Crippen LogP contribution in [-0.4, -0.2) is 29.4 Å². The van der Waals surface area contributed by atoms with Gasteiger partial charge in [0.05, 0.1) is 18.0 Å². The second kappa shape index (κ2) is 6.67. The van der Waals surface area contributed by atoms with E-state index in [1.165, 1.54) is 0 Å². The average Bonchev–Trinajstić information content (AvgIpc) is 3.13. The van der Waals surface area contributed by atoms with E-state index < -0.39 is 0 Å². The number of benzene rings is 1. The Morgan fingerprint density at radius 3 is 3.10 bits per heavy atom. The van der Waals surface area contributed by atoms with Gasteiger partial charge in [-0.1, -0.05) is 6.07 Å². The number of halogens is 1. The molecule has 114 valence electrons. The fraction of sp³-hybridized carbons (Fsp3) is 0.562. The van der Waals surface area contributed by atoms with Gasteiger partial charge in [-0.2, -0.15) is 0 Å². The van der Waals surface area contributed by atoms with Crippen molar-refractivity contribution in [1.29, 1.82) is 0 Å². The van der Waals surface area contributed by atoms with Crippen molar-refractivity contribution in [2.75, 3.05) is 19.8 Å². The van der Waals surface area contributed by atoms with Gasteiger partial charge in [-0.15, -0.1) is 11.6 Å². The number of hydrogen-bond acceptors (Lipinski definition) is 3. The molecule has 1 atom stereocenters. The Kier molecular flexibility index (Phi) is 4.66. The minimum Gasteiger partial charge on any atom is -0.492 e. The molecule has 1 saturated heterocycles. The summed E-state index contributed by atoms with van der Waals surface area (Å²) < 4.78 is 13.3. The summed E-state index contributed by atoms with van der Waals surface area (Å²) >= 11 is 6.08. The molecule has 0 amide bonds. The summed E-state index contributed by atoms with van der Waals surface area (Å²) in [6.07, 6.45) is 2.27. The second-order valence-electron chi connectivity index (χ2n) is 5.39. The highest BCUT2D eigenvalue weighted by Crippen LogP contribution is 2.28. The molecule has 2 heterocycles. The predicted octanol–water partition coefficient (Wildman–Crippen LogP) is 3.60. The van der Waals surface area contributed by atoms with Crippen LogP contribution >= 0.6 is 11.6 Å². The van der Waals surface area contributed by atoms with Crippen LogP contribution in [0.1, 0.15) is 25.6 Å². The summed E-state index contributed by atoms with van der Waals surface area (Å²) in [4.78, 5) is 4.67. The number of para-hydroxylation sites is 1. The second-order valence-corrected chi connectivity index (χ2v) is 5.66. The van der Waals surface area contributed by atoms with Crippen molar-refractivity contribution in [1.82, 2.24) is 9.55 Å². The molecule has 0 N–H and O–H groups in total. The summed E-state index contributed by atoms with van der Waals surface area (Å²) in [7, 11) is 0. The van der Waals surface area contributed by atoms with Crippen molar-refractivity contribution in [3.05, 3.63) is 24.0 Å². The molecule has 0 bridgehead atoms. The molecule has 1 fully saturated rings. The molecule has 1 aromatic carbocycles. The van der Waals surface area contributed by atoms with Gasteiger partial charge in [-0.25, -0.2) is 4.98 Å². The number of imidazole rings is 1. The molecule has 1 aliphatic heterocycles. The number of aryl methyl sites for hydroxylation is 1. The first-order valence-corrected chi connectivity index (χ1v) is 8.11. The molecule has 3 rings (SSSR count). The minimum atomic E-state index is 0.418. The van der Waals surface area contributed by atoms with E-state index in [0.717, 1.165) is 55.2 Å². The van der Waals surface area contributed by atoms with Gasteiger partial charge in [0.1, 0.15) is 17.1 Å². The topological polar surface area (TPSA) is 36.3 Å². The molecule has 0 saturated carbocycles. The number of nitrogens with zero attached hydrogens (tertiary/aromatic N) is 2. The first kappa shape index (κ1) is 14.7. The Bertz CT molecular complexity index is 606. The highest BCUT2D eigenvalue weighted by atomic mass is 35.5. The SMILES string of the molecule is CCOc1cccc2c1nc(CCl)n2CCC1CCOC1. The van der Waals surface area contributed by atoms with E-state index in [1.807, 2.05) is 19.1 Å². The average molecular weight is 309 g/mol. The summed E-state index contributed by atoms with van der Waals surface area (Å²) in [6.45, 7) is 5.33. The third-order valence-corrected chi connectivity index (χ3v) is 4.26. The van der Waals surface area contributed by atoms with Gasteiger partial charge in [0.25, 0.3) is 0 Å². The molecular formula is C16H21ClN2O2. The third-order valence-electron chi connectivity index (χ3n) is 4.03. The predicted molar refractivity (Wildman–Crippen MR) is 84.0 cm³/mol. The Morgan fingerprint density at radius 1 is 1.48 bits per heavy atom. The fourth-order valence-corrected chi connectivity index (χ4v) is 3.12. The Morgan fingerprint density at radius 2 is 2.38 bits per heavy atom. The van der Waals surface area contributed by atoms with E-state index in [0.29, 0.717) is 18.4 Å². The van der Waals surface area contributed by atoms with E-state index in [1.54, 1.807) is 0 Å². The molecule has 2 aromatic rings. The summed E-state index contributed by atoms with van der Waals surface area (Å²) in [6, 6.07) is 6.07. The lowest BCUT2D eigenvalue weighted by atomic mass is 10.1. The van der Waals surface area contributed by atoms with Crippen LogP contribution in [0.3, 0.4) is 0 Å². The lowest BCUT2D eigenvalue weighted by Gasteiger charge is -2.11. The minimum absolute atomic E-state index is 0.418. The Hall–Kier alpha value is -1.26. The monoisotopic (exact) mass is 308 g/mol. The van der Waals surface area contributed by atoms with Gasteiger partial charge < -0.3 is 14.0 Å². The number of hydrogen-bond donors (Lipinski definition) is 0. The van der Waals surface area contributed by atoms with Crippen LogP contribution in [0, 0.1) is 5.92 Å². The first-order chi connectivity index (χ1) is 10.3. The van der Waals surface area contributed by atoms with Crippen molar-refractivity contribution < 1.29 is 9.47 Å². The van der Waals surface area contributed by atoms with Crippen LogP contribution in [-0.2, 0) is 17.2 Å². The van der Waals surface area contributed by atoms with Crippen LogP contribution in [0.25, 0.3) is 11.0 Å². The lowest BCUT2D eigenvalue weighted by molar-refractivity contribution is 0.183. The molecule has 0 aliphatic carbocycles. The van der Waals surface area contributed by atoms with Crippen molar-refractivity contribution >= 4 is 22.6 Å². The lowest BCUT2D eigenvalue weighted by Crippen LogP contribution is -2.08. The molecule has 1 unspecified atom stereocenters. The van der Waals surface area contributed by atoms with E-state index in [-0.39, 0.29) is 0 Å². The molecule has 0 spiro atoms. The number of ether oxygens (including phenoxy) is 2. The highest BCUT2D eigenvalue weighted by molar-refractivity contribution is 6.16. The van der Waals surface area contributed by atoms with Gasteiger partial charge in [-0.3, -0.25) is 0 Å². The normalized spacial score (nSPS) is 18.5. The Labute approximate surface area is 130 Å². The van der Waals surface area contributed by atoms with E-state index in [4.69, 9.17) is 21.1 Å². The smallest absolute Gasteiger partial charge is 0.147 e. The van der Waals surface area contributed by atoms with Gasteiger partial charge in [0, 0.05) is 19.8 Å². The van der Waals surface area contributed by atoms with E-state index in [9.17, 15) is 0 Å². The third kappa shape index (κ3) is 3.01. The number of rotatable bonds is 6. The number of alkyl halides is 1. The molecule has 21 heavy (non-hydrogen) atoms. The summed E-state index contributed by atoms with van der Waals surface area (Å²) in [5.41, 5.74) is 2.02. The quantitative estimate of drug-likeness (QED) is 0.765. The number of fused-ring (bicyclic) bond motifs is 1. The molecule has 4 nitrogen and oxygen atoms in total. The first-order valence-electron chi connectivity index (χ1n) is 7.58. The molecular weight excluding hydrogens is 288 g/mol. The van der Waals surface area contributed by atoms with E-state index >= 15 is 0 Å². The van der Waals surface area contributed by atoms with Crippen LogP contribution in [0.15, 0.2) is 18.2 Å². The maximum atomic E-state index is 6.08. The maximum Gasteiger partial charge on any atom is 0.147 e. The van der Waals surface area contributed by atoms with Gasteiger partial charge in [0.2, 0.25) is 0 Å². The van der Waals surface area contributed by atoms with E-state index in [2.05, 4.69) is 15.6 Å². The summed E-state index contributed by atoms with van der Waals surface area (Å²) in [5.74, 6) is 2.82.